The lowest BCUT2D eigenvalue weighted by Gasteiger charge is -2.38. The minimum Gasteiger partial charge on any atom is -0.496 e. The molecule has 0 aliphatic carbocycles. The monoisotopic (exact) mass is 612 g/mol. The van der Waals surface area contributed by atoms with Crippen molar-refractivity contribution in [3.8, 4) is 16.9 Å². The predicted octanol–water partition coefficient (Wildman–Crippen LogP) is 3.92. The zero-order valence-electron chi connectivity index (χ0n) is 24.8. The summed E-state index contributed by atoms with van der Waals surface area (Å²) in [6.07, 6.45) is 5.73. The van der Waals surface area contributed by atoms with Gasteiger partial charge in [0.25, 0.3) is 5.91 Å². The fourth-order valence-electron chi connectivity index (χ4n) is 6.80. The summed E-state index contributed by atoms with van der Waals surface area (Å²) < 4.78 is 9.61. The van der Waals surface area contributed by atoms with Crippen molar-refractivity contribution in [2.45, 2.75) is 25.8 Å². The van der Waals surface area contributed by atoms with E-state index in [1.807, 2.05) is 51.7 Å². The van der Waals surface area contributed by atoms with Crippen LogP contribution in [0.2, 0.25) is 0 Å². The van der Waals surface area contributed by atoms with Gasteiger partial charge in [0.05, 0.1) is 24.4 Å². The van der Waals surface area contributed by atoms with Gasteiger partial charge in [0.2, 0.25) is 5.91 Å². The highest BCUT2D eigenvalue weighted by Crippen LogP contribution is 2.44. The van der Waals surface area contributed by atoms with Crippen LogP contribution in [0.15, 0.2) is 60.2 Å². The number of methoxy groups -OCH3 is 1. The molecule has 0 bridgehead atoms. The molecule has 1 spiro atoms. The Hall–Kier alpha value is -4.29. The van der Waals surface area contributed by atoms with E-state index in [-0.39, 0.29) is 11.8 Å². The number of nitrogens with one attached hydrogen (secondary N) is 1. The summed E-state index contributed by atoms with van der Waals surface area (Å²) >= 11 is 1.39. The Labute approximate surface area is 260 Å². The number of aromatic amines is 1. The Morgan fingerprint density at radius 1 is 0.977 bits per heavy atom. The molecule has 44 heavy (non-hydrogen) atoms. The Morgan fingerprint density at radius 2 is 1.73 bits per heavy atom. The highest BCUT2D eigenvalue weighted by molar-refractivity contribution is 7.03. The largest absolute Gasteiger partial charge is 0.496 e. The first-order valence-electron chi connectivity index (χ1n) is 15.1. The van der Waals surface area contributed by atoms with Gasteiger partial charge in [-0.2, -0.15) is 5.10 Å². The number of rotatable bonds is 7. The maximum atomic E-state index is 13.8. The molecule has 11 nitrogen and oxygen atoms in total. The predicted molar refractivity (Wildman–Crippen MR) is 169 cm³/mol. The molecule has 2 aromatic heterocycles. The quantitative estimate of drug-likeness (QED) is 0.335. The van der Waals surface area contributed by atoms with Crippen molar-refractivity contribution in [2.75, 3.05) is 62.7 Å². The number of likely N-dealkylation sites (tertiary alicyclic amines) is 1. The lowest BCUT2D eigenvalue weighted by atomic mass is 9.77. The Kier molecular flexibility index (Phi) is 7.77. The molecule has 12 heteroatoms. The third-order valence-electron chi connectivity index (χ3n) is 9.47. The molecule has 228 valence electrons. The lowest BCUT2D eigenvalue weighted by molar-refractivity contribution is -0.127. The first-order valence-corrected chi connectivity index (χ1v) is 16.0. The first-order chi connectivity index (χ1) is 21.5. The summed E-state index contributed by atoms with van der Waals surface area (Å²) in [5.74, 6) is 0.890. The van der Waals surface area contributed by atoms with Gasteiger partial charge in [0.15, 0.2) is 0 Å². The van der Waals surface area contributed by atoms with Crippen LogP contribution in [-0.2, 0) is 11.3 Å². The summed E-state index contributed by atoms with van der Waals surface area (Å²) in [5, 5.41) is 13.0. The molecule has 1 N–H and O–H groups in total. The van der Waals surface area contributed by atoms with E-state index in [9.17, 15) is 9.59 Å². The third kappa shape index (κ3) is 5.43. The van der Waals surface area contributed by atoms with Crippen LogP contribution in [0.4, 0.5) is 11.4 Å². The molecule has 0 saturated carbocycles. The van der Waals surface area contributed by atoms with Crippen molar-refractivity contribution in [1.29, 1.82) is 0 Å². The van der Waals surface area contributed by atoms with Crippen LogP contribution in [0.5, 0.6) is 5.75 Å². The fraction of sp³-hybridized carbons (Fsp3) is 0.406. The molecule has 3 saturated heterocycles. The van der Waals surface area contributed by atoms with Gasteiger partial charge >= 0.3 is 0 Å². The first kappa shape index (κ1) is 28.5. The number of amides is 2. The number of anilines is 2. The molecular formula is C32H36N8O3S. The number of ether oxygens (including phenoxy) is 1. The van der Waals surface area contributed by atoms with E-state index < -0.39 is 5.41 Å². The van der Waals surface area contributed by atoms with E-state index in [4.69, 9.17) is 4.74 Å². The van der Waals surface area contributed by atoms with E-state index in [0.717, 1.165) is 67.3 Å². The van der Waals surface area contributed by atoms with Gasteiger partial charge in [0.1, 0.15) is 5.75 Å². The number of aromatic nitrogens is 4. The molecule has 0 atom stereocenters. The van der Waals surface area contributed by atoms with Crippen LogP contribution in [-0.4, -0.2) is 94.3 Å². The molecule has 5 heterocycles. The molecule has 3 aliphatic heterocycles. The second-order valence-electron chi connectivity index (χ2n) is 11.9. The molecule has 2 aromatic carbocycles. The Morgan fingerprint density at radius 3 is 2.41 bits per heavy atom. The van der Waals surface area contributed by atoms with Gasteiger partial charge in [-0.3, -0.25) is 19.6 Å². The van der Waals surface area contributed by atoms with E-state index in [1.54, 1.807) is 13.3 Å². The molecule has 0 unspecified atom stereocenters. The zero-order valence-corrected chi connectivity index (χ0v) is 25.6. The summed E-state index contributed by atoms with van der Waals surface area (Å²) in [6, 6.07) is 13.9. The van der Waals surface area contributed by atoms with Gasteiger partial charge in [-0.05, 0) is 67.2 Å². The normalized spacial score (nSPS) is 18.8. The minimum absolute atomic E-state index is 0.0370. The van der Waals surface area contributed by atoms with Crippen LogP contribution < -0.4 is 14.5 Å². The summed E-state index contributed by atoms with van der Waals surface area (Å²) in [6.45, 7) is 6.48. The van der Waals surface area contributed by atoms with Gasteiger partial charge in [-0.15, -0.1) is 5.10 Å². The Bertz CT molecular complexity index is 1590. The van der Waals surface area contributed by atoms with Crippen LogP contribution in [0, 0.1) is 5.41 Å². The smallest absolute Gasteiger partial charge is 0.253 e. The molecule has 4 aromatic rings. The van der Waals surface area contributed by atoms with Crippen molar-refractivity contribution in [1.82, 2.24) is 29.6 Å². The molecule has 7 rings (SSSR count). The fourth-order valence-corrected chi connectivity index (χ4v) is 7.24. The molecular weight excluding hydrogens is 576 g/mol. The maximum absolute atomic E-state index is 13.8. The molecule has 2 amide bonds. The average Bonchev–Trinajstić information content (AvgIpc) is 3.85. The van der Waals surface area contributed by atoms with Crippen LogP contribution >= 0.6 is 11.5 Å². The third-order valence-corrected chi connectivity index (χ3v) is 10.0. The number of piperidine rings is 1. The number of benzene rings is 2. The van der Waals surface area contributed by atoms with Crippen molar-refractivity contribution < 1.29 is 14.3 Å². The van der Waals surface area contributed by atoms with E-state index in [0.29, 0.717) is 43.8 Å². The Balaban J connectivity index is 0.942. The number of hydrogen-bond acceptors (Lipinski definition) is 9. The van der Waals surface area contributed by atoms with Crippen molar-refractivity contribution in [3.05, 3.63) is 71.5 Å². The average molecular weight is 613 g/mol. The SMILES string of the molecule is COc1cc(N2CCC3(CCN(C(=O)c4ccc(N5CCN(Cc6csnn6)CC5)cc4)CC3)C2=O)ccc1-c1cn[nH]c1. The standard InChI is InChI=1S/C32H36N8O3S/c1-43-29-18-27(6-7-28(29)24-19-33-34-20-24)40-13-10-32(31(40)42)8-11-39(12-9-32)30(41)23-2-4-26(5-3-23)38-16-14-37(15-17-38)21-25-22-44-36-35-25/h2-7,18-20,22H,8-17,21H2,1H3,(H,33,34). The van der Waals surface area contributed by atoms with Gasteiger partial charge in [-0.1, -0.05) is 4.49 Å². The number of H-pyrrole nitrogens is 1. The summed E-state index contributed by atoms with van der Waals surface area (Å²) in [7, 11) is 1.64. The second kappa shape index (κ2) is 12.0. The zero-order chi connectivity index (χ0) is 30.1. The van der Waals surface area contributed by atoms with Crippen LogP contribution in [0.1, 0.15) is 35.3 Å². The van der Waals surface area contributed by atoms with Crippen LogP contribution in [0.3, 0.4) is 0 Å². The van der Waals surface area contributed by atoms with Crippen molar-refractivity contribution in [3.63, 3.8) is 0 Å². The molecule has 0 radical (unpaired) electrons. The minimum atomic E-state index is -0.421. The van der Waals surface area contributed by atoms with Gasteiger partial charge < -0.3 is 19.4 Å². The van der Waals surface area contributed by atoms with Crippen molar-refractivity contribution in [2.24, 2.45) is 5.41 Å². The summed E-state index contributed by atoms with van der Waals surface area (Å²) in [5.41, 5.74) is 5.14. The highest BCUT2D eigenvalue weighted by atomic mass is 32.1. The van der Waals surface area contributed by atoms with E-state index in [1.165, 1.54) is 11.5 Å². The van der Waals surface area contributed by atoms with Crippen LogP contribution in [0.25, 0.3) is 11.1 Å². The number of carbonyl (C=O) groups excluding carboxylic acids is 2. The lowest BCUT2D eigenvalue weighted by Crippen LogP contribution is -2.47. The highest BCUT2D eigenvalue weighted by Gasteiger charge is 2.49. The van der Waals surface area contributed by atoms with Gasteiger partial charge in [0, 0.05) is 98.1 Å². The number of nitrogens with zero attached hydrogens (tertiary/aromatic N) is 7. The number of hydrogen-bond donors (Lipinski definition) is 1. The van der Waals surface area contributed by atoms with E-state index >= 15 is 0 Å². The second-order valence-corrected chi connectivity index (χ2v) is 12.5. The number of piperazine rings is 1. The molecule has 3 aliphatic rings. The van der Waals surface area contributed by atoms with Gasteiger partial charge in [-0.25, -0.2) is 0 Å². The van der Waals surface area contributed by atoms with Crippen molar-refractivity contribution >= 4 is 34.7 Å². The maximum Gasteiger partial charge on any atom is 0.253 e. The van der Waals surface area contributed by atoms with E-state index in [2.05, 4.69) is 41.7 Å². The molecule has 3 fully saturated rings. The summed E-state index contributed by atoms with van der Waals surface area (Å²) in [4.78, 5) is 35.8. The number of carbonyl (C=O) groups is 2. The topological polar surface area (TPSA) is 111 Å².